The summed E-state index contributed by atoms with van der Waals surface area (Å²) in [5, 5.41) is 8.02. The first-order chi connectivity index (χ1) is 7.66. The summed E-state index contributed by atoms with van der Waals surface area (Å²) in [6, 6.07) is 7.44. The van der Waals surface area contributed by atoms with Crippen molar-refractivity contribution in [3.8, 4) is 0 Å². The molecule has 0 bridgehead atoms. The molecule has 0 aliphatic heterocycles. The summed E-state index contributed by atoms with van der Waals surface area (Å²) in [5.41, 5.74) is 7.03. The van der Waals surface area contributed by atoms with Crippen LogP contribution in [0.3, 0.4) is 0 Å². The van der Waals surface area contributed by atoms with Gasteiger partial charge >= 0.3 is 0 Å². The largest absolute Gasteiger partial charge is 0.439 e. The molecule has 0 aliphatic rings. The third-order valence-electron chi connectivity index (χ3n) is 1.97. The number of nitrogens with zero attached hydrogens (tertiary/aromatic N) is 1. The molecule has 0 saturated heterocycles. The van der Waals surface area contributed by atoms with E-state index < -0.39 is 0 Å². The van der Waals surface area contributed by atoms with Gasteiger partial charge in [0.05, 0.1) is 5.69 Å². The van der Waals surface area contributed by atoms with Crippen LogP contribution in [0.4, 0.5) is 0 Å². The van der Waals surface area contributed by atoms with Crippen molar-refractivity contribution in [3.63, 3.8) is 0 Å². The number of nitrogens with two attached hydrogens (primary N) is 1. The van der Waals surface area contributed by atoms with E-state index in [1.807, 2.05) is 25.1 Å². The lowest BCUT2D eigenvalue weighted by Gasteiger charge is -2.04. The Hall–Kier alpha value is -1.75. The Balaban J connectivity index is 2.31. The van der Waals surface area contributed by atoms with Gasteiger partial charge in [-0.1, -0.05) is 18.2 Å². The first-order valence-corrected chi connectivity index (χ1v) is 5.52. The second-order valence-corrected chi connectivity index (χ2v) is 4.26. The summed E-state index contributed by atoms with van der Waals surface area (Å²) in [5.74, 6) is 0.0476. The zero-order valence-corrected chi connectivity index (χ0v) is 9.54. The predicted molar refractivity (Wildman–Crippen MR) is 62.8 cm³/mol. The molecule has 0 fully saturated rings. The summed E-state index contributed by atoms with van der Waals surface area (Å²) in [6.45, 7) is 1.87. The normalized spacial score (nSPS) is 10.3. The van der Waals surface area contributed by atoms with Gasteiger partial charge in [-0.25, -0.2) is 4.98 Å². The second kappa shape index (κ2) is 4.40. The Bertz CT molecular complexity index is 521. The van der Waals surface area contributed by atoms with Gasteiger partial charge in [0.25, 0.3) is 5.22 Å². The number of oxazole rings is 1. The Morgan fingerprint density at radius 3 is 2.81 bits per heavy atom. The molecular weight excluding hydrogens is 222 g/mol. The first kappa shape index (κ1) is 10.8. The van der Waals surface area contributed by atoms with Crippen molar-refractivity contribution in [3.05, 3.63) is 41.8 Å². The summed E-state index contributed by atoms with van der Waals surface area (Å²) in [4.78, 5) is 5.06. The Morgan fingerprint density at radius 1 is 1.44 bits per heavy atom. The standard InChI is InChI=1S/C11H11N3OS/c1-7-6-15-11(14-7)16-9-5-3-2-4-8(9)10(12)13/h2-6H,1H3,(H3,12,13). The van der Waals surface area contributed by atoms with Crippen LogP contribution in [0.5, 0.6) is 0 Å². The lowest BCUT2D eigenvalue weighted by Crippen LogP contribution is -2.11. The molecule has 2 aromatic rings. The molecule has 0 atom stereocenters. The Labute approximate surface area is 97.4 Å². The minimum Gasteiger partial charge on any atom is -0.439 e. The molecular formula is C11H11N3OS. The van der Waals surface area contributed by atoms with E-state index in [2.05, 4.69) is 4.98 Å². The number of nitrogen functional groups attached to an aromatic ring is 1. The Kier molecular flexibility index (Phi) is 2.96. The fraction of sp³-hybridized carbons (Fsp3) is 0.0909. The van der Waals surface area contributed by atoms with Gasteiger partial charge in [-0.2, -0.15) is 0 Å². The highest BCUT2D eigenvalue weighted by Crippen LogP contribution is 2.29. The lowest BCUT2D eigenvalue weighted by atomic mass is 10.2. The molecule has 0 amide bonds. The minimum atomic E-state index is 0.0476. The zero-order valence-electron chi connectivity index (χ0n) is 8.73. The molecule has 0 aliphatic carbocycles. The third-order valence-corrected chi connectivity index (χ3v) is 2.91. The van der Waals surface area contributed by atoms with Crippen LogP contribution in [0.1, 0.15) is 11.3 Å². The smallest absolute Gasteiger partial charge is 0.260 e. The van der Waals surface area contributed by atoms with Gasteiger partial charge < -0.3 is 10.2 Å². The summed E-state index contributed by atoms with van der Waals surface area (Å²) in [7, 11) is 0. The van der Waals surface area contributed by atoms with Crippen molar-refractivity contribution in [2.24, 2.45) is 5.73 Å². The molecule has 0 saturated carbocycles. The number of hydrogen-bond acceptors (Lipinski definition) is 4. The molecule has 2 rings (SSSR count). The molecule has 1 heterocycles. The first-order valence-electron chi connectivity index (χ1n) is 4.70. The van der Waals surface area contributed by atoms with Gasteiger partial charge in [0.2, 0.25) is 0 Å². The molecule has 16 heavy (non-hydrogen) atoms. The maximum Gasteiger partial charge on any atom is 0.260 e. The predicted octanol–water partition coefficient (Wildman–Crippen LogP) is 2.42. The highest BCUT2D eigenvalue weighted by molar-refractivity contribution is 7.99. The summed E-state index contributed by atoms with van der Waals surface area (Å²) in [6.07, 6.45) is 1.60. The van der Waals surface area contributed by atoms with Gasteiger partial charge in [-0.05, 0) is 24.8 Å². The average molecular weight is 233 g/mol. The van der Waals surface area contributed by atoms with Crippen molar-refractivity contribution in [2.75, 3.05) is 0 Å². The molecule has 0 spiro atoms. The number of rotatable bonds is 3. The molecule has 0 radical (unpaired) electrons. The summed E-state index contributed by atoms with van der Waals surface area (Å²) < 4.78 is 5.24. The molecule has 4 nitrogen and oxygen atoms in total. The number of hydrogen-bond donors (Lipinski definition) is 2. The van der Waals surface area contributed by atoms with E-state index in [9.17, 15) is 0 Å². The maximum absolute atomic E-state index is 7.46. The van der Waals surface area contributed by atoms with Crippen molar-refractivity contribution in [1.29, 1.82) is 5.41 Å². The van der Waals surface area contributed by atoms with Crippen LogP contribution >= 0.6 is 11.8 Å². The van der Waals surface area contributed by atoms with Crippen LogP contribution < -0.4 is 5.73 Å². The third kappa shape index (κ3) is 2.25. The number of amidine groups is 1. The van der Waals surface area contributed by atoms with E-state index in [0.717, 1.165) is 10.6 Å². The van der Waals surface area contributed by atoms with Crippen LogP contribution in [-0.4, -0.2) is 10.8 Å². The average Bonchev–Trinajstić information content (AvgIpc) is 2.64. The molecule has 5 heteroatoms. The molecule has 82 valence electrons. The van der Waals surface area contributed by atoms with Crippen LogP contribution in [-0.2, 0) is 0 Å². The highest BCUT2D eigenvalue weighted by Gasteiger charge is 2.09. The van der Waals surface area contributed by atoms with Gasteiger partial charge in [-0.15, -0.1) is 0 Å². The van der Waals surface area contributed by atoms with E-state index >= 15 is 0 Å². The van der Waals surface area contributed by atoms with E-state index in [-0.39, 0.29) is 5.84 Å². The lowest BCUT2D eigenvalue weighted by molar-refractivity contribution is 0.454. The van der Waals surface area contributed by atoms with E-state index in [1.165, 1.54) is 11.8 Å². The topological polar surface area (TPSA) is 75.9 Å². The Morgan fingerprint density at radius 2 is 2.19 bits per heavy atom. The highest BCUT2D eigenvalue weighted by atomic mass is 32.2. The summed E-state index contributed by atoms with van der Waals surface area (Å²) >= 11 is 1.36. The van der Waals surface area contributed by atoms with Crippen molar-refractivity contribution < 1.29 is 4.42 Å². The monoisotopic (exact) mass is 233 g/mol. The minimum absolute atomic E-state index is 0.0476. The number of aryl methyl sites for hydroxylation is 1. The van der Waals surface area contributed by atoms with Crippen molar-refractivity contribution in [2.45, 2.75) is 17.0 Å². The van der Waals surface area contributed by atoms with Crippen molar-refractivity contribution in [1.82, 2.24) is 4.98 Å². The van der Waals surface area contributed by atoms with Crippen LogP contribution in [0.2, 0.25) is 0 Å². The number of benzene rings is 1. The van der Waals surface area contributed by atoms with E-state index in [4.69, 9.17) is 15.6 Å². The molecule has 3 N–H and O–H groups in total. The molecule has 0 unspecified atom stereocenters. The van der Waals surface area contributed by atoms with Crippen LogP contribution in [0.25, 0.3) is 0 Å². The van der Waals surface area contributed by atoms with E-state index in [1.54, 1.807) is 12.3 Å². The van der Waals surface area contributed by atoms with Crippen LogP contribution in [0.15, 0.2) is 45.1 Å². The van der Waals surface area contributed by atoms with Crippen molar-refractivity contribution >= 4 is 17.6 Å². The maximum atomic E-state index is 7.46. The van der Waals surface area contributed by atoms with E-state index in [0.29, 0.717) is 10.8 Å². The molecule has 1 aromatic heterocycles. The second-order valence-electron chi connectivity index (χ2n) is 3.27. The fourth-order valence-electron chi connectivity index (χ4n) is 1.25. The van der Waals surface area contributed by atoms with Gasteiger partial charge in [0, 0.05) is 10.5 Å². The van der Waals surface area contributed by atoms with Crippen LogP contribution in [0, 0.1) is 12.3 Å². The van der Waals surface area contributed by atoms with Gasteiger partial charge in [0.15, 0.2) is 0 Å². The molecule has 1 aromatic carbocycles. The number of nitrogens with one attached hydrogen (secondary N) is 1. The number of aromatic nitrogens is 1. The SMILES string of the molecule is Cc1coc(Sc2ccccc2C(=N)N)n1. The quantitative estimate of drug-likeness (QED) is 0.630. The zero-order chi connectivity index (χ0) is 11.5. The van der Waals surface area contributed by atoms with Gasteiger partial charge in [-0.3, -0.25) is 5.41 Å². The van der Waals surface area contributed by atoms with Gasteiger partial charge in [0.1, 0.15) is 12.1 Å². The fourth-order valence-corrected chi connectivity index (χ4v) is 2.16.